The second kappa shape index (κ2) is 9.98. The number of nitrogens with zero attached hydrogens (tertiary/aromatic N) is 1. The third-order valence-electron chi connectivity index (χ3n) is 4.44. The zero-order valence-electron chi connectivity index (χ0n) is 16.9. The van der Waals surface area contributed by atoms with Crippen molar-refractivity contribution in [2.75, 3.05) is 19.0 Å². The number of esters is 1. The van der Waals surface area contributed by atoms with Crippen LogP contribution in [-0.2, 0) is 4.74 Å². The summed E-state index contributed by atoms with van der Waals surface area (Å²) in [7, 11) is 1.49. The van der Waals surface area contributed by atoms with E-state index in [1.165, 1.54) is 55.6 Å². The number of Topliss-reactive ketones (excluding diaryl/α,β-unsaturated/α-hetero) is 1. The molecule has 0 unspecified atom stereocenters. The van der Waals surface area contributed by atoms with E-state index in [0.29, 0.717) is 17.0 Å². The van der Waals surface area contributed by atoms with Gasteiger partial charge in [-0.1, -0.05) is 12.1 Å². The average molecular weight is 434 g/mol. The average Bonchev–Trinajstić information content (AvgIpc) is 2.82. The highest BCUT2D eigenvalue weighted by Gasteiger charge is 2.14. The maximum absolute atomic E-state index is 12.3. The maximum atomic E-state index is 12.3. The van der Waals surface area contributed by atoms with Crippen LogP contribution < -0.4 is 10.1 Å². The summed E-state index contributed by atoms with van der Waals surface area (Å²) in [5, 5.41) is 13.3. The molecule has 3 aromatic rings. The van der Waals surface area contributed by atoms with Gasteiger partial charge in [-0.25, -0.2) is 4.79 Å². The maximum Gasteiger partial charge on any atom is 0.338 e. The fraction of sp³-hybridized carbons (Fsp3) is 0.0870. The van der Waals surface area contributed by atoms with Crippen LogP contribution in [0.2, 0.25) is 0 Å². The van der Waals surface area contributed by atoms with Crippen LogP contribution in [0.3, 0.4) is 0 Å². The lowest BCUT2D eigenvalue weighted by atomic mass is 10.1. The van der Waals surface area contributed by atoms with E-state index < -0.39 is 23.4 Å². The number of hydrogen-bond acceptors (Lipinski definition) is 7. The van der Waals surface area contributed by atoms with Gasteiger partial charge in [0, 0.05) is 28.9 Å². The van der Waals surface area contributed by atoms with Crippen molar-refractivity contribution in [1.82, 2.24) is 0 Å². The molecule has 9 heteroatoms. The Morgan fingerprint density at radius 3 is 2.19 bits per heavy atom. The van der Waals surface area contributed by atoms with Crippen LogP contribution in [0.4, 0.5) is 11.4 Å². The third-order valence-corrected chi connectivity index (χ3v) is 4.44. The summed E-state index contributed by atoms with van der Waals surface area (Å²) >= 11 is 0. The van der Waals surface area contributed by atoms with E-state index in [2.05, 4.69) is 5.32 Å². The van der Waals surface area contributed by atoms with E-state index >= 15 is 0 Å². The van der Waals surface area contributed by atoms with Crippen molar-refractivity contribution in [3.05, 3.63) is 99.6 Å². The Kier molecular flexibility index (Phi) is 6.92. The molecule has 0 fully saturated rings. The van der Waals surface area contributed by atoms with Gasteiger partial charge in [-0.3, -0.25) is 19.7 Å². The zero-order chi connectivity index (χ0) is 23.1. The van der Waals surface area contributed by atoms with Crippen molar-refractivity contribution in [3.63, 3.8) is 0 Å². The van der Waals surface area contributed by atoms with Gasteiger partial charge in [0.2, 0.25) is 0 Å². The van der Waals surface area contributed by atoms with Gasteiger partial charge in [0.1, 0.15) is 5.75 Å². The molecule has 9 nitrogen and oxygen atoms in total. The number of carbonyl (C=O) groups is 3. The highest BCUT2D eigenvalue weighted by Crippen LogP contribution is 2.16. The highest BCUT2D eigenvalue weighted by molar-refractivity contribution is 6.04. The molecule has 1 amide bonds. The number of rotatable bonds is 8. The van der Waals surface area contributed by atoms with E-state index in [1.807, 2.05) is 0 Å². The number of methoxy groups -OCH3 is 1. The smallest absolute Gasteiger partial charge is 0.338 e. The molecule has 0 atom stereocenters. The minimum Gasteiger partial charge on any atom is -0.497 e. The molecule has 0 saturated carbocycles. The number of nitro benzene ring substituents is 1. The molecule has 0 spiro atoms. The number of nitro groups is 1. The zero-order valence-corrected chi connectivity index (χ0v) is 16.9. The standard InChI is InChI=1S/C23H18N2O7/c1-31-20-4-2-3-17(13-20)21(26)14-32-23(28)16-5-9-18(10-6-16)24-22(27)15-7-11-19(12-8-15)25(29)30/h2-13H,14H2,1H3,(H,24,27). The molecule has 0 radical (unpaired) electrons. The van der Waals surface area contributed by atoms with Crippen molar-refractivity contribution in [1.29, 1.82) is 0 Å². The van der Waals surface area contributed by atoms with Crippen LogP contribution in [0.15, 0.2) is 72.8 Å². The van der Waals surface area contributed by atoms with Gasteiger partial charge >= 0.3 is 5.97 Å². The summed E-state index contributed by atoms with van der Waals surface area (Å²) in [6.07, 6.45) is 0. The molecule has 0 aliphatic carbocycles. The van der Waals surface area contributed by atoms with Gasteiger partial charge in [-0.05, 0) is 48.5 Å². The summed E-state index contributed by atoms with van der Waals surface area (Å²) in [6, 6.07) is 17.6. The van der Waals surface area contributed by atoms with Crippen LogP contribution in [0.5, 0.6) is 5.75 Å². The number of amides is 1. The molecule has 0 aliphatic rings. The Morgan fingerprint density at radius 2 is 1.56 bits per heavy atom. The lowest BCUT2D eigenvalue weighted by molar-refractivity contribution is -0.384. The summed E-state index contributed by atoms with van der Waals surface area (Å²) in [6.45, 7) is -0.426. The highest BCUT2D eigenvalue weighted by atomic mass is 16.6. The van der Waals surface area contributed by atoms with Crippen LogP contribution in [0.1, 0.15) is 31.1 Å². The van der Waals surface area contributed by atoms with Crippen LogP contribution >= 0.6 is 0 Å². The van der Waals surface area contributed by atoms with Crippen molar-refractivity contribution in [2.24, 2.45) is 0 Å². The summed E-state index contributed by atoms with van der Waals surface area (Å²) < 4.78 is 10.1. The van der Waals surface area contributed by atoms with Gasteiger partial charge in [-0.2, -0.15) is 0 Å². The summed E-state index contributed by atoms with van der Waals surface area (Å²) in [5.41, 5.74) is 1.11. The van der Waals surface area contributed by atoms with Crippen molar-refractivity contribution in [3.8, 4) is 5.75 Å². The van der Waals surface area contributed by atoms with E-state index in [1.54, 1.807) is 24.3 Å². The molecule has 3 rings (SSSR count). The molecule has 1 N–H and O–H groups in total. The van der Waals surface area contributed by atoms with Gasteiger partial charge in [-0.15, -0.1) is 0 Å². The Labute approximate surface area is 182 Å². The Bertz CT molecular complexity index is 1160. The second-order valence-electron chi connectivity index (χ2n) is 6.57. The second-order valence-corrected chi connectivity index (χ2v) is 6.57. The fourth-order valence-electron chi connectivity index (χ4n) is 2.72. The van der Waals surface area contributed by atoms with E-state index in [0.717, 1.165) is 0 Å². The number of non-ortho nitro benzene ring substituents is 1. The van der Waals surface area contributed by atoms with Crippen LogP contribution in [-0.4, -0.2) is 36.3 Å². The molecule has 0 saturated heterocycles. The lowest BCUT2D eigenvalue weighted by Crippen LogP contribution is -2.15. The SMILES string of the molecule is COc1cccc(C(=O)COC(=O)c2ccc(NC(=O)c3ccc([N+](=O)[O-])cc3)cc2)c1. The van der Waals surface area contributed by atoms with Gasteiger partial charge in [0.05, 0.1) is 17.6 Å². The number of benzene rings is 3. The predicted octanol–water partition coefficient (Wildman–Crippen LogP) is 3.90. The Morgan fingerprint density at radius 1 is 0.906 bits per heavy atom. The molecule has 3 aromatic carbocycles. The number of ketones is 1. The summed E-state index contributed by atoms with van der Waals surface area (Å²) in [5.74, 6) is -0.994. The quantitative estimate of drug-likeness (QED) is 0.247. The van der Waals surface area contributed by atoms with Gasteiger partial charge in [0.15, 0.2) is 12.4 Å². The molecule has 0 aromatic heterocycles. The third kappa shape index (κ3) is 5.54. The molecule has 32 heavy (non-hydrogen) atoms. The normalized spacial score (nSPS) is 10.2. The molecule has 0 aliphatic heterocycles. The molecule has 0 heterocycles. The molecular formula is C23H18N2O7. The van der Waals surface area contributed by atoms with Crippen LogP contribution in [0, 0.1) is 10.1 Å². The van der Waals surface area contributed by atoms with E-state index in [9.17, 15) is 24.5 Å². The monoisotopic (exact) mass is 434 g/mol. The first-order valence-electron chi connectivity index (χ1n) is 9.37. The Hall–Kier alpha value is -4.53. The minimum absolute atomic E-state index is 0.116. The van der Waals surface area contributed by atoms with Gasteiger partial charge < -0.3 is 14.8 Å². The number of hydrogen-bond donors (Lipinski definition) is 1. The first kappa shape index (κ1) is 22.2. The first-order valence-corrected chi connectivity index (χ1v) is 9.37. The van der Waals surface area contributed by atoms with E-state index in [-0.39, 0.29) is 22.6 Å². The van der Waals surface area contributed by atoms with Crippen molar-refractivity contribution >= 4 is 29.0 Å². The minimum atomic E-state index is -0.686. The van der Waals surface area contributed by atoms with Crippen LogP contribution in [0.25, 0.3) is 0 Å². The summed E-state index contributed by atoms with van der Waals surface area (Å²) in [4.78, 5) is 46.8. The van der Waals surface area contributed by atoms with Gasteiger partial charge in [0.25, 0.3) is 11.6 Å². The number of nitrogens with one attached hydrogen (secondary N) is 1. The fourth-order valence-corrected chi connectivity index (χ4v) is 2.72. The largest absolute Gasteiger partial charge is 0.497 e. The lowest BCUT2D eigenvalue weighted by Gasteiger charge is -2.08. The Balaban J connectivity index is 1.56. The topological polar surface area (TPSA) is 125 Å². The van der Waals surface area contributed by atoms with Crippen molar-refractivity contribution < 1.29 is 28.8 Å². The van der Waals surface area contributed by atoms with E-state index in [4.69, 9.17) is 9.47 Å². The molecule has 0 bridgehead atoms. The van der Waals surface area contributed by atoms with Crippen molar-refractivity contribution in [2.45, 2.75) is 0 Å². The predicted molar refractivity (Wildman–Crippen MR) is 115 cm³/mol. The molecular weight excluding hydrogens is 416 g/mol. The number of carbonyl (C=O) groups excluding carboxylic acids is 3. The first-order chi connectivity index (χ1) is 15.4. The number of anilines is 1. The number of ether oxygens (including phenoxy) is 2. The molecule has 162 valence electrons.